The standard InChI is InChI=1S/C30H32F4N4O3/c1-17-14-38(15-18(2)37(17)3)27-12-25(31)22(20-6-8-21(9-7-20)41-16-19-4-5-19)10-26(27)36-29(40)23-13-35-28(39)11-24(23)30(32,33)34/h6-13,17-19H,4-5,14-16H2,1-3H3,(H,35,39)(H,36,40). The van der Waals surface area contributed by atoms with Gasteiger partial charge in [0.15, 0.2) is 0 Å². The van der Waals surface area contributed by atoms with Crippen LogP contribution >= 0.6 is 0 Å². The van der Waals surface area contributed by atoms with Crippen LogP contribution in [0.5, 0.6) is 5.75 Å². The molecule has 1 aliphatic carbocycles. The van der Waals surface area contributed by atoms with E-state index in [0.717, 1.165) is 19.0 Å². The molecule has 1 amide bonds. The summed E-state index contributed by atoms with van der Waals surface area (Å²) in [6.45, 7) is 5.71. The van der Waals surface area contributed by atoms with Crippen LogP contribution < -0.4 is 20.5 Å². The van der Waals surface area contributed by atoms with Crippen molar-refractivity contribution < 1.29 is 27.1 Å². The molecule has 0 radical (unpaired) electrons. The Bertz CT molecular complexity index is 1470. The average molecular weight is 573 g/mol. The van der Waals surface area contributed by atoms with Crippen molar-refractivity contribution in [2.45, 2.75) is 44.9 Å². The molecule has 41 heavy (non-hydrogen) atoms. The molecule has 218 valence electrons. The molecule has 2 unspecified atom stereocenters. The van der Waals surface area contributed by atoms with Crippen molar-refractivity contribution >= 4 is 17.3 Å². The van der Waals surface area contributed by atoms with Gasteiger partial charge in [-0.3, -0.25) is 14.5 Å². The molecule has 2 atom stereocenters. The predicted molar refractivity (Wildman–Crippen MR) is 149 cm³/mol. The van der Waals surface area contributed by atoms with Crippen LogP contribution in [0.2, 0.25) is 0 Å². The van der Waals surface area contributed by atoms with E-state index in [9.17, 15) is 22.8 Å². The van der Waals surface area contributed by atoms with Gasteiger partial charge in [-0.05, 0) is 69.5 Å². The fourth-order valence-electron chi connectivity index (χ4n) is 5.06. The molecule has 5 rings (SSSR count). The number of hydrogen-bond acceptors (Lipinski definition) is 5. The van der Waals surface area contributed by atoms with E-state index < -0.39 is 34.6 Å². The number of aromatic nitrogens is 1. The molecule has 1 saturated carbocycles. The Morgan fingerprint density at radius 3 is 2.34 bits per heavy atom. The van der Waals surface area contributed by atoms with Crippen molar-refractivity contribution in [3.8, 4) is 16.9 Å². The van der Waals surface area contributed by atoms with E-state index in [4.69, 9.17) is 4.74 Å². The number of anilines is 2. The first kappa shape index (κ1) is 28.7. The Morgan fingerprint density at radius 2 is 1.73 bits per heavy atom. The normalized spacial score (nSPS) is 19.7. The zero-order valence-electron chi connectivity index (χ0n) is 23.0. The molecular formula is C30H32F4N4O3. The number of alkyl halides is 3. The molecule has 2 fully saturated rings. The maximum absolute atomic E-state index is 15.7. The summed E-state index contributed by atoms with van der Waals surface area (Å²) in [4.78, 5) is 31.1. The predicted octanol–water partition coefficient (Wildman–Crippen LogP) is 5.77. The van der Waals surface area contributed by atoms with Crippen LogP contribution in [0.15, 0.2) is 53.5 Å². The van der Waals surface area contributed by atoms with Crippen LogP contribution in [0.25, 0.3) is 11.1 Å². The maximum Gasteiger partial charge on any atom is 0.417 e. The second kappa shape index (κ2) is 11.2. The fourth-order valence-corrected chi connectivity index (χ4v) is 5.06. The number of carbonyl (C=O) groups is 1. The zero-order chi connectivity index (χ0) is 29.5. The van der Waals surface area contributed by atoms with Gasteiger partial charge in [0, 0.05) is 43.0 Å². The summed E-state index contributed by atoms with van der Waals surface area (Å²) in [6.07, 6.45) is -1.88. The van der Waals surface area contributed by atoms with E-state index in [2.05, 4.69) is 15.2 Å². The van der Waals surface area contributed by atoms with Gasteiger partial charge in [-0.25, -0.2) is 4.39 Å². The molecule has 3 aromatic rings. The van der Waals surface area contributed by atoms with Gasteiger partial charge in [-0.2, -0.15) is 13.2 Å². The topological polar surface area (TPSA) is 77.7 Å². The lowest BCUT2D eigenvalue weighted by Gasteiger charge is -2.44. The third kappa shape index (κ3) is 6.40. The number of piperazine rings is 1. The minimum Gasteiger partial charge on any atom is -0.493 e. The van der Waals surface area contributed by atoms with Gasteiger partial charge in [-0.15, -0.1) is 0 Å². The van der Waals surface area contributed by atoms with Gasteiger partial charge in [-0.1, -0.05) is 12.1 Å². The summed E-state index contributed by atoms with van der Waals surface area (Å²) in [7, 11) is 1.99. The van der Waals surface area contributed by atoms with E-state index in [-0.39, 0.29) is 23.3 Å². The molecular weight excluding hydrogens is 540 g/mol. The number of pyridine rings is 1. The van der Waals surface area contributed by atoms with Crippen LogP contribution in [0.1, 0.15) is 42.6 Å². The van der Waals surface area contributed by atoms with Gasteiger partial charge >= 0.3 is 6.18 Å². The highest BCUT2D eigenvalue weighted by Gasteiger charge is 2.36. The number of carbonyl (C=O) groups excluding carboxylic acids is 1. The number of benzene rings is 2. The molecule has 0 bridgehead atoms. The molecule has 7 nitrogen and oxygen atoms in total. The Labute approximate surface area is 235 Å². The molecule has 2 aromatic carbocycles. The van der Waals surface area contributed by atoms with Gasteiger partial charge in [0.1, 0.15) is 11.6 Å². The molecule has 1 aromatic heterocycles. The molecule has 1 aliphatic heterocycles. The van der Waals surface area contributed by atoms with Crippen molar-refractivity contribution in [3.05, 3.63) is 76.0 Å². The van der Waals surface area contributed by atoms with Crippen molar-refractivity contribution in [3.63, 3.8) is 0 Å². The van der Waals surface area contributed by atoms with Crippen molar-refractivity contribution in [1.82, 2.24) is 9.88 Å². The van der Waals surface area contributed by atoms with Crippen LogP contribution in [0.3, 0.4) is 0 Å². The monoisotopic (exact) mass is 572 g/mol. The molecule has 2 heterocycles. The third-order valence-corrected chi connectivity index (χ3v) is 7.86. The molecule has 11 heteroatoms. The minimum atomic E-state index is -4.93. The number of nitrogens with one attached hydrogen (secondary N) is 2. The third-order valence-electron chi connectivity index (χ3n) is 7.86. The number of amides is 1. The Morgan fingerprint density at radius 1 is 1.07 bits per heavy atom. The lowest BCUT2D eigenvalue weighted by Crippen LogP contribution is -2.55. The minimum absolute atomic E-state index is 0.101. The van der Waals surface area contributed by atoms with Crippen molar-refractivity contribution in [2.75, 3.05) is 37.0 Å². The highest BCUT2D eigenvalue weighted by molar-refractivity contribution is 6.07. The number of nitrogens with zero attached hydrogens (tertiary/aromatic N) is 2. The van der Waals surface area contributed by atoms with E-state index in [0.29, 0.717) is 48.7 Å². The number of likely N-dealkylation sites (N-methyl/N-ethyl adjacent to an activating group) is 1. The maximum atomic E-state index is 15.7. The van der Waals surface area contributed by atoms with Crippen molar-refractivity contribution in [1.29, 1.82) is 0 Å². The largest absolute Gasteiger partial charge is 0.493 e. The first-order valence-electron chi connectivity index (χ1n) is 13.6. The van der Waals surface area contributed by atoms with Crippen LogP contribution in [-0.4, -0.2) is 54.6 Å². The molecule has 2 aliphatic rings. The molecule has 2 N–H and O–H groups in total. The van der Waals surface area contributed by atoms with E-state index >= 15 is 4.39 Å². The van der Waals surface area contributed by atoms with Gasteiger partial charge in [0.2, 0.25) is 5.56 Å². The number of H-pyrrole nitrogens is 1. The SMILES string of the molecule is CC1CN(c2cc(F)c(-c3ccc(OCC4CC4)cc3)cc2NC(=O)c2c[nH]c(=O)cc2C(F)(F)F)CC(C)N1C. The fraction of sp³-hybridized carbons (Fsp3) is 0.400. The Balaban J connectivity index is 1.52. The quantitative estimate of drug-likeness (QED) is 0.352. The summed E-state index contributed by atoms with van der Waals surface area (Å²) in [5, 5.41) is 2.58. The number of ether oxygens (including phenoxy) is 1. The smallest absolute Gasteiger partial charge is 0.417 e. The van der Waals surface area contributed by atoms with Gasteiger partial charge in [0.05, 0.1) is 29.1 Å². The van der Waals surface area contributed by atoms with Crippen LogP contribution in [0, 0.1) is 11.7 Å². The van der Waals surface area contributed by atoms with Crippen LogP contribution in [-0.2, 0) is 6.18 Å². The van der Waals surface area contributed by atoms with E-state index in [1.165, 1.54) is 12.1 Å². The number of halogens is 4. The average Bonchev–Trinajstić information content (AvgIpc) is 3.75. The first-order chi connectivity index (χ1) is 19.4. The van der Waals surface area contributed by atoms with Crippen molar-refractivity contribution in [2.24, 2.45) is 5.92 Å². The first-order valence-corrected chi connectivity index (χ1v) is 13.6. The van der Waals surface area contributed by atoms with E-state index in [1.807, 2.05) is 25.8 Å². The number of aromatic amines is 1. The highest BCUT2D eigenvalue weighted by Crippen LogP contribution is 2.38. The van der Waals surface area contributed by atoms with Crippen LogP contribution in [0.4, 0.5) is 28.9 Å². The van der Waals surface area contributed by atoms with Gasteiger partial charge < -0.3 is 19.9 Å². The summed E-state index contributed by atoms with van der Waals surface area (Å²) in [5.74, 6) is -0.383. The second-order valence-electron chi connectivity index (χ2n) is 11.0. The number of hydrogen-bond donors (Lipinski definition) is 2. The van der Waals surface area contributed by atoms with E-state index in [1.54, 1.807) is 24.3 Å². The lowest BCUT2D eigenvalue weighted by molar-refractivity contribution is -0.138. The van der Waals surface area contributed by atoms with Gasteiger partial charge in [0.25, 0.3) is 5.91 Å². The summed E-state index contributed by atoms with van der Waals surface area (Å²) >= 11 is 0. The molecule has 0 spiro atoms. The lowest BCUT2D eigenvalue weighted by atomic mass is 10.0. The second-order valence-corrected chi connectivity index (χ2v) is 11.0. The highest BCUT2D eigenvalue weighted by atomic mass is 19.4. The number of rotatable bonds is 7. The summed E-state index contributed by atoms with van der Waals surface area (Å²) < 4.78 is 62.5. The zero-order valence-corrected chi connectivity index (χ0v) is 23.0. The summed E-state index contributed by atoms with van der Waals surface area (Å²) in [6, 6.07) is 10.2. The Kier molecular flexibility index (Phi) is 7.83. The molecule has 1 saturated heterocycles. The Hall–Kier alpha value is -3.86. The summed E-state index contributed by atoms with van der Waals surface area (Å²) in [5.41, 5.74) is -1.88.